The summed E-state index contributed by atoms with van der Waals surface area (Å²) in [6.45, 7) is 6.62. The smallest absolute Gasteiger partial charge is 0.411 e. The molecule has 0 spiro atoms. The zero-order chi connectivity index (χ0) is 20.5. The van der Waals surface area contributed by atoms with Crippen LogP contribution in [-0.4, -0.2) is 20.6 Å². The van der Waals surface area contributed by atoms with Crippen molar-refractivity contribution < 1.29 is 0 Å². The van der Waals surface area contributed by atoms with Gasteiger partial charge in [0.1, 0.15) is 0 Å². The van der Waals surface area contributed by atoms with Gasteiger partial charge in [0.25, 0.3) is 0 Å². The van der Waals surface area contributed by atoms with Crippen molar-refractivity contribution in [3.8, 4) is 0 Å². The van der Waals surface area contributed by atoms with Crippen molar-refractivity contribution in [3.05, 3.63) is 95.1 Å². The molecule has 0 aliphatic rings. The summed E-state index contributed by atoms with van der Waals surface area (Å²) in [7, 11) is 0. The molecule has 3 aromatic rings. The van der Waals surface area contributed by atoms with Crippen LogP contribution in [0.3, 0.4) is 0 Å². The van der Waals surface area contributed by atoms with E-state index >= 15 is 0 Å². The molecule has 0 bridgehead atoms. The van der Waals surface area contributed by atoms with E-state index in [0.717, 1.165) is 18.5 Å². The highest BCUT2D eigenvalue weighted by atomic mass is 27.2. The number of benzene rings is 3. The average molecular weight is 399 g/mol. The Morgan fingerprint density at radius 3 is 2.48 bits per heavy atom. The molecule has 0 aliphatic heterocycles. The minimum Gasteiger partial charge on any atom is -0.476 e. The zero-order valence-electron chi connectivity index (χ0n) is 17.9. The molecule has 0 radical (unpaired) electrons. The quantitative estimate of drug-likeness (QED) is 0.305. The summed E-state index contributed by atoms with van der Waals surface area (Å²) < 4.78 is 3.82. The van der Waals surface area contributed by atoms with Crippen LogP contribution in [0.25, 0.3) is 0 Å². The van der Waals surface area contributed by atoms with Crippen LogP contribution < -0.4 is 4.30 Å². The number of aliphatic imine (C=N–C) groups is 1. The minimum atomic E-state index is -1.03. The highest BCUT2D eigenvalue weighted by Gasteiger charge is 2.17. The van der Waals surface area contributed by atoms with Gasteiger partial charge in [-0.2, -0.15) is 0 Å². The summed E-state index contributed by atoms with van der Waals surface area (Å²) in [5, 5.41) is 2.48. The molecule has 3 rings (SSSR count). The van der Waals surface area contributed by atoms with Crippen molar-refractivity contribution >= 4 is 32.0 Å². The van der Waals surface area contributed by atoms with Crippen LogP contribution in [0.15, 0.2) is 77.8 Å². The lowest BCUT2D eigenvalue weighted by Gasteiger charge is -2.14. The number of nitrogens with zero attached hydrogens (tertiary/aromatic N) is 1. The van der Waals surface area contributed by atoms with E-state index in [1.807, 2.05) is 6.21 Å². The van der Waals surface area contributed by atoms with Gasteiger partial charge in [0.2, 0.25) is 0 Å². The van der Waals surface area contributed by atoms with E-state index in [1.165, 1.54) is 38.5 Å². The summed E-state index contributed by atoms with van der Waals surface area (Å²) in [5.41, 5.74) is 7.55. The van der Waals surface area contributed by atoms with Gasteiger partial charge in [0.15, 0.2) is 0 Å². The van der Waals surface area contributed by atoms with E-state index in [1.54, 1.807) is 0 Å². The maximum atomic E-state index is 4.74. The van der Waals surface area contributed by atoms with Crippen LogP contribution >= 0.6 is 0 Å². The maximum Gasteiger partial charge on any atom is 0.411 e. The molecule has 0 saturated heterocycles. The molecule has 148 valence electrons. The summed E-state index contributed by atoms with van der Waals surface area (Å²) in [5.74, 6) is 0. The Balaban J connectivity index is 1.66. The Morgan fingerprint density at radius 2 is 1.72 bits per heavy atom. The third-order valence-electron chi connectivity index (χ3n) is 5.40. The molecular weight excluding hydrogens is 367 g/mol. The summed E-state index contributed by atoms with van der Waals surface area (Å²) in [4.78, 5) is 4.74. The van der Waals surface area contributed by atoms with Crippen LogP contribution in [0, 0.1) is 6.92 Å². The van der Waals surface area contributed by atoms with Crippen LogP contribution in [0.1, 0.15) is 36.1 Å². The maximum absolute atomic E-state index is 4.74. The van der Waals surface area contributed by atoms with E-state index in [4.69, 9.17) is 4.99 Å². The first kappa shape index (κ1) is 21.4. The van der Waals surface area contributed by atoms with Crippen LogP contribution in [0.2, 0.25) is 10.6 Å². The number of anilines is 1. The summed E-state index contributed by atoms with van der Waals surface area (Å²) >= 11 is -1.03. The summed E-state index contributed by atoms with van der Waals surface area (Å²) in [6.07, 6.45) is 4.16. The monoisotopic (exact) mass is 398 g/mol. The van der Waals surface area contributed by atoms with Gasteiger partial charge >= 0.3 is 14.4 Å². The SMILES string of the molecule is CCc1cccc(N=Cc2ccccc2C[CH2][Al]([CH2]C)[NH]c2ccc(C)cc2)c1. The van der Waals surface area contributed by atoms with E-state index in [-0.39, 0.29) is 0 Å². The third-order valence-corrected chi connectivity index (χ3v) is 8.12. The molecule has 0 fully saturated rings. The molecule has 0 heterocycles. The van der Waals surface area contributed by atoms with E-state index in [2.05, 4.69) is 97.9 Å². The molecule has 0 atom stereocenters. The fourth-order valence-electron chi connectivity index (χ4n) is 3.48. The number of nitrogens with one attached hydrogen (secondary N) is 1. The van der Waals surface area contributed by atoms with Crippen molar-refractivity contribution in [2.75, 3.05) is 4.30 Å². The highest BCUT2D eigenvalue weighted by Crippen LogP contribution is 2.18. The molecule has 1 N–H and O–H groups in total. The average Bonchev–Trinajstić information content (AvgIpc) is 2.77. The second-order valence-electron chi connectivity index (χ2n) is 7.63. The van der Waals surface area contributed by atoms with Crippen LogP contribution in [0.4, 0.5) is 11.4 Å². The van der Waals surface area contributed by atoms with Crippen molar-refractivity contribution in [2.45, 2.75) is 44.2 Å². The Kier molecular flexibility index (Phi) is 8.11. The van der Waals surface area contributed by atoms with Gasteiger partial charge in [-0.25, -0.2) is 0 Å². The van der Waals surface area contributed by atoms with Crippen molar-refractivity contribution in [1.82, 2.24) is 0 Å². The van der Waals surface area contributed by atoms with Gasteiger partial charge < -0.3 is 4.30 Å². The van der Waals surface area contributed by atoms with Crippen LogP contribution in [-0.2, 0) is 12.8 Å². The molecular formula is C26H31AlN2. The topological polar surface area (TPSA) is 24.4 Å². The fourth-order valence-corrected chi connectivity index (χ4v) is 5.56. The molecule has 0 aliphatic carbocycles. The van der Waals surface area contributed by atoms with Gasteiger partial charge in [0, 0.05) is 11.9 Å². The second-order valence-corrected chi connectivity index (χ2v) is 10.7. The Bertz CT molecular complexity index is 931. The molecule has 29 heavy (non-hydrogen) atoms. The zero-order valence-corrected chi connectivity index (χ0v) is 19.0. The number of aryl methyl sites for hydroxylation is 3. The predicted octanol–water partition coefficient (Wildman–Crippen LogP) is 6.97. The molecule has 0 amide bonds. The minimum absolute atomic E-state index is 1.03. The predicted molar refractivity (Wildman–Crippen MR) is 129 cm³/mol. The van der Waals surface area contributed by atoms with E-state index in [9.17, 15) is 0 Å². The number of hydrogen-bond acceptors (Lipinski definition) is 2. The fraction of sp³-hybridized carbons (Fsp3) is 0.269. The van der Waals surface area contributed by atoms with Crippen molar-refractivity contribution in [1.29, 1.82) is 0 Å². The van der Waals surface area contributed by atoms with Gasteiger partial charge in [-0.15, -0.1) is 0 Å². The third kappa shape index (κ3) is 6.60. The Morgan fingerprint density at radius 1 is 0.931 bits per heavy atom. The molecule has 0 saturated carbocycles. The molecule has 3 aromatic carbocycles. The van der Waals surface area contributed by atoms with E-state index < -0.39 is 14.4 Å². The molecule has 0 aromatic heterocycles. The summed E-state index contributed by atoms with van der Waals surface area (Å²) in [6, 6.07) is 25.9. The Hall–Kier alpha value is -2.34. The molecule has 3 heteroatoms. The van der Waals surface area contributed by atoms with Crippen LogP contribution in [0.5, 0.6) is 0 Å². The first-order valence-electron chi connectivity index (χ1n) is 10.7. The van der Waals surface area contributed by atoms with E-state index in [0.29, 0.717) is 0 Å². The first-order chi connectivity index (χ1) is 14.2. The lowest BCUT2D eigenvalue weighted by Crippen LogP contribution is -2.24. The number of rotatable bonds is 9. The van der Waals surface area contributed by atoms with Crippen molar-refractivity contribution in [2.24, 2.45) is 4.99 Å². The lowest BCUT2D eigenvalue weighted by atomic mass is 10.1. The highest BCUT2D eigenvalue weighted by molar-refractivity contribution is 6.62. The van der Waals surface area contributed by atoms with Crippen molar-refractivity contribution in [3.63, 3.8) is 0 Å². The number of hydrogen-bond donors (Lipinski definition) is 1. The van der Waals surface area contributed by atoms with Gasteiger partial charge in [-0.1, -0.05) is 78.5 Å². The largest absolute Gasteiger partial charge is 0.476 e. The first-order valence-corrected chi connectivity index (χ1v) is 12.9. The Labute approximate surface area is 180 Å². The van der Waals surface area contributed by atoms with Gasteiger partial charge in [0.05, 0.1) is 5.69 Å². The second kappa shape index (κ2) is 11.0. The standard InChI is InChI=1S/C17H18N.C7H8N.C2H5.Al/c1-3-14-8-7-11-17(12-14)18-13-16-10-6-5-9-15(16)4-2;1-6-2-4-7(8)5-3-6;1-2;/h5-13H,2-4H2,1H3;2-5,8H,1H3;1H2,2H3;/q;-1;;+1. The molecule has 2 nitrogen and oxygen atoms in total. The molecule has 0 unspecified atom stereocenters. The van der Waals surface area contributed by atoms with Gasteiger partial charge in [-0.3, -0.25) is 4.99 Å². The lowest BCUT2D eigenvalue weighted by molar-refractivity contribution is 1.09. The normalized spacial score (nSPS) is 11.0. The van der Waals surface area contributed by atoms with Gasteiger partial charge in [-0.05, 0) is 60.7 Å².